The van der Waals surface area contributed by atoms with Gasteiger partial charge in [-0.1, -0.05) is 0 Å². The third kappa shape index (κ3) is 1.54. The molecule has 0 saturated heterocycles. The lowest BCUT2D eigenvalue weighted by atomic mass is 10.1. The summed E-state index contributed by atoms with van der Waals surface area (Å²) in [5.41, 5.74) is 2.84. The van der Waals surface area contributed by atoms with Crippen molar-refractivity contribution in [1.82, 2.24) is 0 Å². The quantitative estimate of drug-likeness (QED) is 0.342. The molecule has 0 atom stereocenters. The van der Waals surface area contributed by atoms with Crippen LogP contribution in [0.25, 0.3) is 21.8 Å². The van der Waals surface area contributed by atoms with Crippen molar-refractivity contribution in [2.75, 3.05) is 0 Å². The minimum atomic E-state index is 0.515. The van der Waals surface area contributed by atoms with Crippen LogP contribution in [-0.4, -0.2) is 0 Å². The van der Waals surface area contributed by atoms with Crippen LogP contribution in [0.4, 0.5) is 0 Å². The molecule has 0 unspecified atom stereocenters. The second-order valence-electron chi connectivity index (χ2n) is 4.66. The normalized spacial score (nSPS) is 11.2. The zero-order chi connectivity index (χ0) is 12.9. The maximum absolute atomic E-state index is 11.8. The van der Waals surface area contributed by atoms with Gasteiger partial charge in [-0.05, 0) is 32.0 Å². The highest BCUT2D eigenvalue weighted by Gasteiger charge is 2.12. The predicted molar refractivity (Wildman–Crippen MR) is 68.8 cm³/mol. The molecule has 0 fully saturated rings. The highest BCUT2D eigenvalue weighted by Crippen LogP contribution is 2.19. The van der Waals surface area contributed by atoms with Crippen molar-refractivity contribution in [3.63, 3.8) is 0 Å². The van der Waals surface area contributed by atoms with Crippen molar-refractivity contribution in [2.45, 2.75) is 13.8 Å². The Kier molecular flexibility index (Phi) is 2.13. The van der Waals surface area contributed by atoms with E-state index in [2.05, 4.69) is 0 Å². The van der Waals surface area contributed by atoms with E-state index in [1.165, 1.54) is 12.4 Å². The molecule has 4 heteroatoms. The Bertz CT molecular complexity index is 719. The highest BCUT2D eigenvalue weighted by atomic mass is 16.5. The summed E-state index contributed by atoms with van der Waals surface area (Å²) in [5, 5.41) is 25.4. The molecule has 1 aromatic carbocycles. The molecule has 3 aromatic rings. The molecule has 0 aliphatic rings. The Labute approximate surface area is 104 Å². The largest absolute Gasteiger partial charge is 0.618 e. The summed E-state index contributed by atoms with van der Waals surface area (Å²) in [7, 11) is 0. The Morgan fingerprint density at radius 2 is 1.17 bits per heavy atom. The Morgan fingerprint density at radius 3 is 1.61 bits per heavy atom. The minimum absolute atomic E-state index is 0.515. The number of aryl methyl sites for hydroxylation is 2. The fraction of sp³-hybridized carbons (Fsp3) is 0.143. The molecule has 2 aromatic heterocycles. The highest BCUT2D eigenvalue weighted by molar-refractivity contribution is 5.92. The summed E-state index contributed by atoms with van der Waals surface area (Å²) in [6.07, 6.45) is 3.02. The molecule has 90 valence electrons. The van der Waals surface area contributed by atoms with Gasteiger partial charge >= 0.3 is 0 Å². The lowest BCUT2D eigenvalue weighted by Gasteiger charge is -2.06. The second-order valence-corrected chi connectivity index (χ2v) is 4.66. The number of benzene rings is 1. The van der Waals surface area contributed by atoms with Crippen molar-refractivity contribution >= 4 is 21.8 Å². The maximum Gasteiger partial charge on any atom is 0.230 e. The molecule has 0 aliphatic carbocycles. The molecular formula is C14H12N2O2. The van der Waals surface area contributed by atoms with Crippen molar-refractivity contribution in [3.05, 3.63) is 58.2 Å². The maximum atomic E-state index is 11.8. The lowest BCUT2D eigenvalue weighted by Crippen LogP contribution is -2.30. The molecular weight excluding hydrogens is 228 g/mol. The number of hydrogen-bond acceptors (Lipinski definition) is 2. The van der Waals surface area contributed by atoms with Gasteiger partial charge in [0.25, 0.3) is 0 Å². The van der Waals surface area contributed by atoms with Gasteiger partial charge in [-0.15, -0.1) is 0 Å². The average molecular weight is 240 g/mol. The minimum Gasteiger partial charge on any atom is -0.618 e. The lowest BCUT2D eigenvalue weighted by molar-refractivity contribution is -0.581. The van der Waals surface area contributed by atoms with Crippen molar-refractivity contribution in [2.24, 2.45) is 0 Å². The first kappa shape index (κ1) is 10.8. The van der Waals surface area contributed by atoms with E-state index in [9.17, 15) is 10.4 Å². The standard InChI is InChI=1S/C14H12N2O2/c1-9-3-11-5-12-4-10(2)8-16(18)14(12)6-13(11)15(17)7-9/h3-8H,1-2H3. The SMILES string of the molecule is Cc1cc2cc3cc(C)c[n+]([O-])c3cc2[n+]([O-])c1. The molecule has 0 bridgehead atoms. The average Bonchev–Trinajstić information content (AvgIpc) is 2.26. The fourth-order valence-electron chi connectivity index (χ4n) is 2.30. The van der Waals surface area contributed by atoms with Gasteiger partial charge in [-0.2, -0.15) is 9.46 Å². The topological polar surface area (TPSA) is 53.9 Å². The van der Waals surface area contributed by atoms with Crippen LogP contribution in [0.15, 0.2) is 36.7 Å². The molecule has 0 N–H and O–H groups in total. The summed E-state index contributed by atoms with van der Waals surface area (Å²) < 4.78 is 1.62. The molecule has 0 aliphatic heterocycles. The summed E-state index contributed by atoms with van der Waals surface area (Å²) in [4.78, 5) is 0. The number of nitrogens with zero attached hydrogens (tertiary/aromatic N) is 2. The van der Waals surface area contributed by atoms with E-state index in [-0.39, 0.29) is 0 Å². The van der Waals surface area contributed by atoms with E-state index in [1.807, 2.05) is 32.0 Å². The third-order valence-electron chi connectivity index (χ3n) is 3.06. The Morgan fingerprint density at radius 1 is 0.722 bits per heavy atom. The van der Waals surface area contributed by atoms with Crippen LogP contribution in [0.5, 0.6) is 0 Å². The van der Waals surface area contributed by atoms with Gasteiger partial charge < -0.3 is 10.4 Å². The summed E-state index contributed by atoms with van der Waals surface area (Å²) in [6.45, 7) is 3.75. The molecule has 0 amide bonds. The molecule has 0 saturated carbocycles. The van der Waals surface area contributed by atoms with E-state index in [0.717, 1.165) is 31.4 Å². The number of hydrogen-bond donors (Lipinski definition) is 0. The van der Waals surface area contributed by atoms with Gasteiger partial charge in [0.05, 0.1) is 6.07 Å². The molecule has 3 rings (SSSR count). The van der Waals surface area contributed by atoms with E-state index >= 15 is 0 Å². The van der Waals surface area contributed by atoms with Crippen LogP contribution < -0.4 is 9.46 Å². The first-order valence-corrected chi connectivity index (χ1v) is 5.72. The fourth-order valence-corrected chi connectivity index (χ4v) is 2.30. The van der Waals surface area contributed by atoms with Crippen LogP contribution in [0.1, 0.15) is 11.1 Å². The van der Waals surface area contributed by atoms with E-state index in [4.69, 9.17) is 0 Å². The number of aromatic nitrogens is 2. The van der Waals surface area contributed by atoms with Gasteiger partial charge in [-0.25, -0.2) is 0 Å². The molecule has 4 nitrogen and oxygen atoms in total. The number of fused-ring (bicyclic) bond motifs is 2. The number of pyridine rings is 2. The van der Waals surface area contributed by atoms with Gasteiger partial charge in [0.15, 0.2) is 12.4 Å². The van der Waals surface area contributed by atoms with Crippen LogP contribution in [0.2, 0.25) is 0 Å². The summed E-state index contributed by atoms with van der Waals surface area (Å²) in [6, 6.07) is 7.41. The van der Waals surface area contributed by atoms with Gasteiger partial charge in [-0.3, -0.25) is 0 Å². The molecule has 0 spiro atoms. The smallest absolute Gasteiger partial charge is 0.230 e. The van der Waals surface area contributed by atoms with Gasteiger partial charge in [0, 0.05) is 21.9 Å². The van der Waals surface area contributed by atoms with Crippen LogP contribution >= 0.6 is 0 Å². The van der Waals surface area contributed by atoms with Gasteiger partial charge in [0.2, 0.25) is 11.0 Å². The Hall–Kier alpha value is -2.36. The molecule has 2 heterocycles. The van der Waals surface area contributed by atoms with E-state index in [1.54, 1.807) is 6.07 Å². The van der Waals surface area contributed by atoms with Crippen molar-refractivity contribution in [3.8, 4) is 0 Å². The van der Waals surface area contributed by atoms with Crippen molar-refractivity contribution in [1.29, 1.82) is 0 Å². The van der Waals surface area contributed by atoms with Crippen LogP contribution in [0.3, 0.4) is 0 Å². The molecule has 18 heavy (non-hydrogen) atoms. The first-order chi connectivity index (χ1) is 8.54. The third-order valence-corrected chi connectivity index (χ3v) is 3.06. The van der Waals surface area contributed by atoms with Crippen LogP contribution in [-0.2, 0) is 0 Å². The Balaban J connectivity index is 2.51. The molecule has 0 radical (unpaired) electrons. The monoisotopic (exact) mass is 240 g/mol. The second kappa shape index (κ2) is 3.57. The van der Waals surface area contributed by atoms with Crippen LogP contribution in [0, 0.1) is 24.3 Å². The van der Waals surface area contributed by atoms with Gasteiger partial charge in [0.1, 0.15) is 0 Å². The summed E-state index contributed by atoms with van der Waals surface area (Å²) >= 11 is 0. The van der Waals surface area contributed by atoms with Crippen molar-refractivity contribution < 1.29 is 9.46 Å². The number of rotatable bonds is 0. The van der Waals surface area contributed by atoms with E-state index < -0.39 is 0 Å². The first-order valence-electron chi connectivity index (χ1n) is 5.72. The summed E-state index contributed by atoms with van der Waals surface area (Å²) in [5.74, 6) is 0. The zero-order valence-corrected chi connectivity index (χ0v) is 10.2. The predicted octanol–water partition coefficient (Wildman–Crippen LogP) is 1.88. The van der Waals surface area contributed by atoms with E-state index in [0.29, 0.717) is 11.0 Å². The zero-order valence-electron chi connectivity index (χ0n) is 10.2.